The lowest BCUT2D eigenvalue weighted by atomic mass is 9.99. The van der Waals surface area contributed by atoms with Crippen molar-refractivity contribution < 1.29 is 0 Å². The Balaban J connectivity index is 2.63. The van der Waals surface area contributed by atoms with Crippen LogP contribution in [0, 0.1) is 11.3 Å². The molecule has 0 aliphatic carbocycles. The van der Waals surface area contributed by atoms with Gasteiger partial charge in [0.25, 0.3) is 0 Å². The fraction of sp³-hybridized carbons (Fsp3) is 0.0714. The van der Waals surface area contributed by atoms with E-state index in [1.54, 1.807) is 0 Å². The topological polar surface area (TPSA) is 35.8 Å². The van der Waals surface area contributed by atoms with Gasteiger partial charge in [-0.2, -0.15) is 5.26 Å². The Labute approximate surface area is 95.2 Å². The van der Waals surface area contributed by atoms with E-state index in [9.17, 15) is 5.26 Å². The number of nitriles is 1. The normalized spacial score (nSPS) is 9.50. The summed E-state index contributed by atoms with van der Waals surface area (Å²) in [5, 5.41) is 12.2. The van der Waals surface area contributed by atoms with Gasteiger partial charge in [0, 0.05) is 12.6 Å². The van der Waals surface area contributed by atoms with Crippen molar-refractivity contribution in [2.75, 3.05) is 12.4 Å². The van der Waals surface area contributed by atoms with Crippen LogP contribution in [0.3, 0.4) is 0 Å². The number of nitrogens with zero attached hydrogens (tertiary/aromatic N) is 1. The first-order valence-corrected chi connectivity index (χ1v) is 5.13. The molecular formula is C14H12N2. The van der Waals surface area contributed by atoms with Crippen molar-refractivity contribution in [1.29, 1.82) is 5.26 Å². The van der Waals surface area contributed by atoms with Crippen molar-refractivity contribution in [3.05, 3.63) is 54.1 Å². The molecular weight excluding hydrogens is 196 g/mol. The highest BCUT2D eigenvalue weighted by atomic mass is 14.8. The molecule has 2 rings (SSSR count). The Hall–Kier alpha value is -2.27. The van der Waals surface area contributed by atoms with Crippen LogP contribution in [0.1, 0.15) is 5.56 Å². The lowest BCUT2D eigenvalue weighted by Crippen LogP contribution is -1.94. The van der Waals surface area contributed by atoms with Crippen molar-refractivity contribution in [2.24, 2.45) is 0 Å². The van der Waals surface area contributed by atoms with E-state index >= 15 is 0 Å². The van der Waals surface area contributed by atoms with Crippen LogP contribution >= 0.6 is 0 Å². The van der Waals surface area contributed by atoms with Gasteiger partial charge < -0.3 is 5.32 Å². The average Bonchev–Trinajstić information content (AvgIpc) is 2.38. The third-order valence-corrected chi connectivity index (χ3v) is 2.53. The van der Waals surface area contributed by atoms with E-state index in [1.807, 2.05) is 55.6 Å². The molecule has 1 N–H and O–H groups in total. The maximum atomic E-state index is 9.20. The van der Waals surface area contributed by atoms with Gasteiger partial charge in [-0.1, -0.05) is 42.5 Å². The molecule has 16 heavy (non-hydrogen) atoms. The molecule has 2 aromatic rings. The molecule has 0 spiro atoms. The molecule has 0 aliphatic rings. The van der Waals surface area contributed by atoms with Crippen LogP contribution in [-0.2, 0) is 0 Å². The highest BCUT2D eigenvalue weighted by molar-refractivity contribution is 5.77. The zero-order valence-corrected chi connectivity index (χ0v) is 9.07. The molecule has 0 amide bonds. The van der Waals surface area contributed by atoms with Gasteiger partial charge in [0.15, 0.2) is 0 Å². The van der Waals surface area contributed by atoms with E-state index in [0.717, 1.165) is 16.8 Å². The standard InChI is InChI=1S/C14H12N2/c1-16-14-9-5-8-12(13(14)10-15)11-6-3-2-4-7-11/h2-9,16H,1H3. The summed E-state index contributed by atoms with van der Waals surface area (Å²) in [6.45, 7) is 0. The molecule has 0 unspecified atom stereocenters. The predicted molar refractivity (Wildman–Crippen MR) is 66.1 cm³/mol. The van der Waals surface area contributed by atoms with Crippen LogP contribution in [-0.4, -0.2) is 7.05 Å². The van der Waals surface area contributed by atoms with Gasteiger partial charge in [-0.25, -0.2) is 0 Å². The van der Waals surface area contributed by atoms with Crippen molar-refractivity contribution >= 4 is 5.69 Å². The highest BCUT2D eigenvalue weighted by Gasteiger charge is 2.07. The molecule has 0 aliphatic heterocycles. The van der Waals surface area contributed by atoms with Crippen molar-refractivity contribution in [2.45, 2.75) is 0 Å². The first kappa shape index (κ1) is 10.3. The molecule has 0 saturated carbocycles. The second-order valence-corrected chi connectivity index (χ2v) is 3.46. The molecule has 0 fully saturated rings. The van der Waals surface area contributed by atoms with Crippen LogP contribution in [0.2, 0.25) is 0 Å². The Morgan fingerprint density at radius 1 is 1.00 bits per heavy atom. The number of anilines is 1. The lowest BCUT2D eigenvalue weighted by molar-refractivity contribution is 1.44. The van der Waals surface area contributed by atoms with Gasteiger partial charge in [-0.05, 0) is 11.6 Å². The Morgan fingerprint density at radius 3 is 2.38 bits per heavy atom. The average molecular weight is 208 g/mol. The minimum absolute atomic E-state index is 0.691. The quantitative estimate of drug-likeness (QED) is 0.822. The van der Waals surface area contributed by atoms with E-state index < -0.39 is 0 Å². The third-order valence-electron chi connectivity index (χ3n) is 2.53. The van der Waals surface area contributed by atoms with Gasteiger partial charge >= 0.3 is 0 Å². The van der Waals surface area contributed by atoms with Crippen LogP contribution < -0.4 is 5.32 Å². The smallest absolute Gasteiger partial charge is 0.102 e. The Bertz CT molecular complexity index is 524. The molecule has 0 saturated heterocycles. The SMILES string of the molecule is CNc1cccc(-c2ccccc2)c1C#N. The fourth-order valence-electron chi connectivity index (χ4n) is 1.74. The fourth-order valence-corrected chi connectivity index (χ4v) is 1.74. The number of rotatable bonds is 2. The highest BCUT2D eigenvalue weighted by Crippen LogP contribution is 2.27. The lowest BCUT2D eigenvalue weighted by Gasteiger charge is -2.08. The van der Waals surface area contributed by atoms with Crippen LogP contribution in [0.15, 0.2) is 48.5 Å². The minimum atomic E-state index is 0.691. The summed E-state index contributed by atoms with van der Waals surface area (Å²) in [5.41, 5.74) is 3.59. The van der Waals surface area contributed by atoms with Crippen LogP contribution in [0.25, 0.3) is 11.1 Å². The molecule has 2 heteroatoms. The molecule has 78 valence electrons. The maximum Gasteiger partial charge on any atom is 0.102 e. The third kappa shape index (κ3) is 1.76. The summed E-state index contributed by atoms with van der Waals surface area (Å²) in [4.78, 5) is 0. The van der Waals surface area contributed by atoms with Crippen LogP contribution in [0.4, 0.5) is 5.69 Å². The first-order chi connectivity index (χ1) is 7.86. The molecule has 0 atom stereocenters. The summed E-state index contributed by atoms with van der Waals surface area (Å²) in [5.74, 6) is 0. The van der Waals surface area contributed by atoms with Crippen molar-refractivity contribution in [3.8, 4) is 17.2 Å². The van der Waals surface area contributed by atoms with E-state index in [2.05, 4.69) is 11.4 Å². The molecule has 0 heterocycles. The summed E-state index contributed by atoms with van der Waals surface area (Å²) in [7, 11) is 1.82. The Kier molecular flexibility index (Phi) is 2.88. The summed E-state index contributed by atoms with van der Waals surface area (Å²) >= 11 is 0. The summed E-state index contributed by atoms with van der Waals surface area (Å²) in [6.07, 6.45) is 0. The van der Waals surface area contributed by atoms with Crippen molar-refractivity contribution in [1.82, 2.24) is 0 Å². The van der Waals surface area contributed by atoms with Crippen LogP contribution in [0.5, 0.6) is 0 Å². The van der Waals surface area contributed by atoms with Crippen molar-refractivity contribution in [3.63, 3.8) is 0 Å². The van der Waals surface area contributed by atoms with Gasteiger partial charge in [-0.3, -0.25) is 0 Å². The maximum absolute atomic E-state index is 9.20. The molecule has 0 radical (unpaired) electrons. The zero-order chi connectivity index (χ0) is 11.4. The van der Waals surface area contributed by atoms with Gasteiger partial charge in [0.05, 0.1) is 11.3 Å². The van der Waals surface area contributed by atoms with E-state index in [1.165, 1.54) is 0 Å². The van der Waals surface area contributed by atoms with Gasteiger partial charge in [0.2, 0.25) is 0 Å². The number of benzene rings is 2. The van der Waals surface area contributed by atoms with E-state index in [4.69, 9.17) is 0 Å². The summed E-state index contributed by atoms with van der Waals surface area (Å²) < 4.78 is 0. The molecule has 0 bridgehead atoms. The van der Waals surface area contributed by atoms with Gasteiger partial charge in [-0.15, -0.1) is 0 Å². The van der Waals surface area contributed by atoms with E-state index in [-0.39, 0.29) is 0 Å². The monoisotopic (exact) mass is 208 g/mol. The molecule has 2 aromatic carbocycles. The first-order valence-electron chi connectivity index (χ1n) is 5.13. The van der Waals surface area contributed by atoms with Gasteiger partial charge in [0.1, 0.15) is 6.07 Å². The minimum Gasteiger partial charge on any atom is -0.387 e. The zero-order valence-electron chi connectivity index (χ0n) is 9.07. The largest absolute Gasteiger partial charge is 0.387 e. The summed E-state index contributed by atoms with van der Waals surface area (Å²) in [6, 6.07) is 18.0. The predicted octanol–water partition coefficient (Wildman–Crippen LogP) is 3.27. The number of nitrogens with one attached hydrogen (secondary N) is 1. The Morgan fingerprint density at radius 2 is 1.75 bits per heavy atom. The number of hydrogen-bond acceptors (Lipinski definition) is 2. The molecule has 0 aromatic heterocycles. The van der Waals surface area contributed by atoms with E-state index in [0.29, 0.717) is 5.56 Å². The number of hydrogen-bond donors (Lipinski definition) is 1. The second kappa shape index (κ2) is 4.50. The second-order valence-electron chi connectivity index (χ2n) is 3.46. The molecule has 2 nitrogen and oxygen atoms in total.